The van der Waals surface area contributed by atoms with Crippen LogP contribution in [0.2, 0.25) is 0 Å². The van der Waals surface area contributed by atoms with Gasteiger partial charge in [0.1, 0.15) is 12.9 Å². The third-order valence-electron chi connectivity index (χ3n) is 2.49. The van der Waals surface area contributed by atoms with Crippen LogP contribution in [0.4, 0.5) is 26.3 Å². The molecule has 0 unspecified atom stereocenters. The van der Waals surface area contributed by atoms with Crippen molar-refractivity contribution in [3.8, 4) is 0 Å². The Labute approximate surface area is 110 Å². The van der Waals surface area contributed by atoms with E-state index in [1.807, 2.05) is 0 Å². The topological polar surface area (TPSA) is 26.3 Å². The summed E-state index contributed by atoms with van der Waals surface area (Å²) in [6.45, 7) is 0.845. The van der Waals surface area contributed by atoms with Crippen molar-refractivity contribution >= 4 is 6.29 Å². The van der Waals surface area contributed by atoms with Gasteiger partial charge in [-0.2, -0.15) is 26.3 Å². The highest BCUT2D eigenvalue weighted by Crippen LogP contribution is 2.37. The van der Waals surface area contributed by atoms with E-state index in [1.54, 1.807) is 0 Å². The minimum absolute atomic E-state index is 0.0376. The third-order valence-corrected chi connectivity index (χ3v) is 2.49. The molecular formula is C12H10F6O2. The summed E-state index contributed by atoms with van der Waals surface area (Å²) in [5.74, 6) is 0. The Morgan fingerprint density at radius 2 is 1.50 bits per heavy atom. The second-order valence-corrected chi connectivity index (χ2v) is 3.98. The molecule has 8 heteroatoms. The molecule has 2 nitrogen and oxygen atoms in total. The number of hydrogen-bond donors (Lipinski definition) is 0. The summed E-state index contributed by atoms with van der Waals surface area (Å²) < 4.78 is 80.3. The van der Waals surface area contributed by atoms with E-state index < -0.39 is 36.2 Å². The van der Waals surface area contributed by atoms with Crippen molar-refractivity contribution < 1.29 is 35.9 Å². The lowest BCUT2D eigenvalue weighted by atomic mass is 10.0. The normalized spacial score (nSPS) is 14.2. The highest BCUT2D eigenvalue weighted by molar-refractivity contribution is 5.50. The maximum absolute atomic E-state index is 12.6. The number of alkyl halides is 6. The molecule has 0 saturated heterocycles. The molecule has 0 bridgehead atoms. The largest absolute Gasteiger partial charge is 0.416 e. The molecule has 0 radical (unpaired) electrons. The molecule has 0 heterocycles. The second-order valence-electron chi connectivity index (χ2n) is 3.98. The van der Waals surface area contributed by atoms with E-state index in [1.165, 1.54) is 6.92 Å². The van der Waals surface area contributed by atoms with Crippen LogP contribution in [-0.2, 0) is 21.9 Å². The fourth-order valence-electron chi connectivity index (χ4n) is 1.49. The van der Waals surface area contributed by atoms with Crippen molar-refractivity contribution in [3.05, 3.63) is 34.9 Å². The fourth-order valence-corrected chi connectivity index (χ4v) is 1.49. The maximum Gasteiger partial charge on any atom is 0.416 e. The molecule has 0 aliphatic rings. The minimum atomic E-state index is -4.90. The van der Waals surface area contributed by atoms with Gasteiger partial charge in [0.2, 0.25) is 0 Å². The highest BCUT2D eigenvalue weighted by atomic mass is 19.4. The summed E-state index contributed by atoms with van der Waals surface area (Å²) in [5, 5.41) is 0. The van der Waals surface area contributed by atoms with Gasteiger partial charge in [0, 0.05) is 0 Å². The number of rotatable bonds is 4. The fraction of sp³-hybridized carbons (Fsp3) is 0.417. The van der Waals surface area contributed by atoms with Crippen LogP contribution >= 0.6 is 0 Å². The molecule has 1 rings (SSSR count). The molecule has 0 N–H and O–H groups in total. The molecule has 20 heavy (non-hydrogen) atoms. The Morgan fingerprint density at radius 1 is 1.05 bits per heavy atom. The maximum atomic E-state index is 12.6. The molecule has 0 aromatic heterocycles. The molecule has 1 aromatic carbocycles. The second kappa shape index (κ2) is 5.82. The third kappa shape index (κ3) is 4.22. The van der Waals surface area contributed by atoms with Crippen molar-refractivity contribution in [2.24, 2.45) is 0 Å². The van der Waals surface area contributed by atoms with Crippen LogP contribution in [0.5, 0.6) is 0 Å². The first-order chi connectivity index (χ1) is 9.05. The van der Waals surface area contributed by atoms with Gasteiger partial charge in [0.05, 0.1) is 17.2 Å². The number of carbonyl (C=O) groups is 1. The first kappa shape index (κ1) is 16.5. The molecule has 0 spiro atoms. The lowest BCUT2D eigenvalue weighted by Gasteiger charge is -2.17. The number of carbonyl (C=O) groups excluding carboxylic acids is 1. The zero-order valence-electron chi connectivity index (χ0n) is 10.2. The molecule has 0 amide bonds. The molecule has 1 atom stereocenters. The van der Waals surface area contributed by atoms with E-state index in [0.29, 0.717) is 18.4 Å². The van der Waals surface area contributed by atoms with Crippen molar-refractivity contribution in [2.75, 3.05) is 6.61 Å². The van der Waals surface area contributed by atoms with Gasteiger partial charge < -0.3 is 9.53 Å². The highest BCUT2D eigenvalue weighted by Gasteiger charge is 2.37. The van der Waals surface area contributed by atoms with Gasteiger partial charge in [-0.1, -0.05) is 0 Å². The summed E-state index contributed by atoms with van der Waals surface area (Å²) in [5.41, 5.74) is -3.12. The van der Waals surface area contributed by atoms with Gasteiger partial charge in [-0.05, 0) is 30.7 Å². The Bertz CT molecular complexity index is 446. The zero-order chi connectivity index (χ0) is 15.6. The van der Waals surface area contributed by atoms with Crippen LogP contribution in [0.3, 0.4) is 0 Å². The zero-order valence-corrected chi connectivity index (χ0v) is 10.2. The van der Waals surface area contributed by atoms with E-state index in [0.717, 1.165) is 0 Å². The predicted molar refractivity (Wildman–Crippen MR) is 56.9 cm³/mol. The van der Waals surface area contributed by atoms with Gasteiger partial charge >= 0.3 is 12.4 Å². The van der Waals surface area contributed by atoms with Crippen molar-refractivity contribution in [1.82, 2.24) is 0 Å². The van der Waals surface area contributed by atoms with Gasteiger partial charge in [-0.3, -0.25) is 0 Å². The number of halogens is 6. The van der Waals surface area contributed by atoms with Crippen LogP contribution < -0.4 is 0 Å². The summed E-state index contributed by atoms with van der Waals surface area (Å²) in [6.07, 6.45) is -10.5. The van der Waals surface area contributed by atoms with Crippen LogP contribution in [0.25, 0.3) is 0 Å². The molecule has 0 aliphatic heterocycles. The average molecular weight is 300 g/mol. The Kier molecular flexibility index (Phi) is 4.80. The lowest BCUT2D eigenvalue weighted by molar-refractivity contribution is -0.143. The molecule has 0 aliphatic carbocycles. The first-order valence-corrected chi connectivity index (χ1v) is 5.40. The van der Waals surface area contributed by atoms with Crippen LogP contribution in [0.15, 0.2) is 18.2 Å². The number of benzene rings is 1. The summed E-state index contributed by atoms with van der Waals surface area (Å²) in [6, 6.07) is 1.19. The quantitative estimate of drug-likeness (QED) is 0.620. The summed E-state index contributed by atoms with van der Waals surface area (Å²) in [7, 11) is 0. The van der Waals surface area contributed by atoms with E-state index >= 15 is 0 Å². The predicted octanol–water partition coefficient (Wildman–Crippen LogP) is 4.00. The molecule has 1 aromatic rings. The number of ether oxygens (including phenoxy) is 1. The summed E-state index contributed by atoms with van der Waals surface area (Å²) >= 11 is 0. The Hall–Kier alpha value is -1.57. The van der Waals surface area contributed by atoms with E-state index in [4.69, 9.17) is 4.74 Å². The van der Waals surface area contributed by atoms with Crippen LogP contribution in [0, 0.1) is 0 Å². The van der Waals surface area contributed by atoms with Gasteiger partial charge in [0.15, 0.2) is 0 Å². The Morgan fingerprint density at radius 3 is 1.85 bits per heavy atom. The van der Waals surface area contributed by atoms with Crippen molar-refractivity contribution in [2.45, 2.75) is 25.4 Å². The summed E-state index contributed by atoms with van der Waals surface area (Å²) in [4.78, 5) is 10.1. The molecule has 0 saturated carbocycles. The average Bonchev–Trinajstić information content (AvgIpc) is 2.33. The van der Waals surface area contributed by atoms with Gasteiger partial charge in [-0.15, -0.1) is 0 Å². The standard InChI is InChI=1S/C12H10F6O2/c1-7(20-3-2-19)8-4-9(11(13,14)15)6-10(5-8)12(16,17)18/h2,4-7H,3H2,1H3/t7-/m1/s1. The lowest BCUT2D eigenvalue weighted by Crippen LogP contribution is -2.13. The van der Waals surface area contributed by atoms with E-state index in [2.05, 4.69) is 0 Å². The molecule has 112 valence electrons. The van der Waals surface area contributed by atoms with Crippen LogP contribution in [-0.4, -0.2) is 12.9 Å². The van der Waals surface area contributed by atoms with Crippen LogP contribution in [0.1, 0.15) is 29.7 Å². The van der Waals surface area contributed by atoms with E-state index in [9.17, 15) is 31.1 Å². The van der Waals surface area contributed by atoms with Gasteiger partial charge in [0.25, 0.3) is 0 Å². The number of aldehydes is 1. The molecule has 0 fully saturated rings. The van der Waals surface area contributed by atoms with E-state index in [-0.39, 0.29) is 11.6 Å². The van der Waals surface area contributed by atoms with Crippen molar-refractivity contribution in [1.29, 1.82) is 0 Å². The van der Waals surface area contributed by atoms with Gasteiger partial charge in [-0.25, -0.2) is 0 Å². The first-order valence-electron chi connectivity index (χ1n) is 5.40. The smallest absolute Gasteiger partial charge is 0.366 e. The number of hydrogen-bond acceptors (Lipinski definition) is 2. The SMILES string of the molecule is C[C@@H](OCC=O)c1cc(C(F)(F)F)cc(C(F)(F)F)c1. The van der Waals surface area contributed by atoms with Crippen molar-refractivity contribution in [3.63, 3.8) is 0 Å². The Balaban J connectivity index is 3.27. The molecular weight excluding hydrogens is 290 g/mol. The monoisotopic (exact) mass is 300 g/mol. The minimum Gasteiger partial charge on any atom is -0.366 e.